The Morgan fingerprint density at radius 2 is 1.93 bits per heavy atom. The summed E-state index contributed by atoms with van der Waals surface area (Å²) in [7, 11) is 1.43. The Bertz CT molecular complexity index is 1140. The maximum absolute atomic E-state index is 13.9. The van der Waals surface area contributed by atoms with Crippen LogP contribution >= 0.6 is 0 Å². The van der Waals surface area contributed by atoms with Crippen LogP contribution in [0.25, 0.3) is 16.6 Å². The molecule has 0 aliphatic heterocycles. The van der Waals surface area contributed by atoms with E-state index in [9.17, 15) is 19.4 Å². The fraction of sp³-hybridized carbons (Fsp3) is 0.375. The highest BCUT2D eigenvalue weighted by atomic mass is 19.1. The van der Waals surface area contributed by atoms with Gasteiger partial charge in [0, 0.05) is 23.9 Å². The summed E-state index contributed by atoms with van der Waals surface area (Å²) in [6.07, 6.45) is 0.742. The zero-order chi connectivity index (χ0) is 21.8. The molecule has 0 saturated heterocycles. The van der Waals surface area contributed by atoms with Crippen molar-refractivity contribution >= 4 is 16.9 Å². The molecule has 1 aromatic heterocycles. The first-order chi connectivity index (χ1) is 14.2. The minimum Gasteiger partial charge on any atom is -0.508 e. The van der Waals surface area contributed by atoms with Gasteiger partial charge in [0.1, 0.15) is 11.6 Å². The number of hydrogen-bond acceptors (Lipinski definition) is 3. The first kappa shape index (κ1) is 20.4. The van der Waals surface area contributed by atoms with Crippen molar-refractivity contribution in [2.45, 2.75) is 51.0 Å². The largest absolute Gasteiger partial charge is 0.508 e. The van der Waals surface area contributed by atoms with Crippen LogP contribution in [0.1, 0.15) is 55.3 Å². The molecule has 2 aromatic carbocycles. The molecule has 1 saturated carbocycles. The van der Waals surface area contributed by atoms with Crippen molar-refractivity contribution in [1.82, 2.24) is 4.57 Å². The molecule has 30 heavy (non-hydrogen) atoms. The van der Waals surface area contributed by atoms with Crippen LogP contribution in [-0.4, -0.2) is 33.5 Å². The third-order valence-corrected chi connectivity index (χ3v) is 6.32. The van der Waals surface area contributed by atoms with Gasteiger partial charge in [-0.15, -0.1) is 0 Å². The first-order valence-corrected chi connectivity index (χ1v) is 10.1. The van der Waals surface area contributed by atoms with E-state index in [1.807, 2.05) is 12.1 Å². The van der Waals surface area contributed by atoms with Crippen LogP contribution in [0.15, 0.2) is 36.4 Å². The van der Waals surface area contributed by atoms with Crippen molar-refractivity contribution < 1.29 is 24.1 Å². The highest BCUT2D eigenvalue weighted by molar-refractivity contribution is 5.90. The number of aryl methyl sites for hydroxylation is 1. The minimum atomic E-state index is -1.17. The van der Waals surface area contributed by atoms with Gasteiger partial charge in [0.25, 0.3) is 0 Å². The molecule has 3 aromatic rings. The lowest BCUT2D eigenvalue weighted by Gasteiger charge is -2.43. The molecule has 1 heterocycles. The maximum Gasteiger partial charge on any atom is 0.335 e. The van der Waals surface area contributed by atoms with Gasteiger partial charge in [0.2, 0.25) is 0 Å². The molecule has 0 spiro atoms. The highest BCUT2D eigenvalue weighted by Crippen LogP contribution is 2.52. The van der Waals surface area contributed by atoms with Crippen molar-refractivity contribution in [2.24, 2.45) is 0 Å². The standard InChI is InChI=1S/C24H26FNO4/c1-13(2)22-21(15-11-24(12-15,30-4)23(28)29)18-10-17(27)6-8-20(18)26(22)16-5-7-19(25)14(3)9-16/h5-10,13,15,27H,11-12H2,1-4H3,(H,28,29). The number of carbonyl (C=O) groups is 1. The first-order valence-electron chi connectivity index (χ1n) is 10.1. The number of carboxylic acid groups (broad SMARTS) is 1. The Hall–Kier alpha value is -2.86. The van der Waals surface area contributed by atoms with Crippen LogP contribution in [0.3, 0.4) is 0 Å². The predicted octanol–water partition coefficient (Wildman–Crippen LogP) is 5.25. The molecule has 0 bridgehead atoms. The van der Waals surface area contributed by atoms with Gasteiger partial charge in [-0.1, -0.05) is 13.8 Å². The van der Waals surface area contributed by atoms with E-state index < -0.39 is 11.6 Å². The number of phenols is 1. The summed E-state index contributed by atoms with van der Waals surface area (Å²) in [6, 6.07) is 10.3. The van der Waals surface area contributed by atoms with Crippen molar-refractivity contribution in [1.29, 1.82) is 0 Å². The molecule has 158 valence electrons. The molecule has 0 unspecified atom stereocenters. The third-order valence-electron chi connectivity index (χ3n) is 6.32. The molecular weight excluding hydrogens is 385 g/mol. The van der Waals surface area contributed by atoms with Crippen LogP contribution < -0.4 is 0 Å². The van der Waals surface area contributed by atoms with Gasteiger partial charge in [-0.2, -0.15) is 0 Å². The average Bonchev–Trinajstić information content (AvgIpc) is 2.98. The molecule has 0 atom stereocenters. The van der Waals surface area contributed by atoms with E-state index in [1.165, 1.54) is 13.2 Å². The van der Waals surface area contributed by atoms with E-state index in [2.05, 4.69) is 18.4 Å². The van der Waals surface area contributed by atoms with E-state index in [4.69, 9.17) is 4.74 Å². The van der Waals surface area contributed by atoms with Gasteiger partial charge in [-0.05, 0) is 79.1 Å². The number of ether oxygens (including phenoxy) is 1. The normalized spacial score (nSPS) is 21.2. The number of nitrogens with zero attached hydrogens (tertiary/aromatic N) is 1. The maximum atomic E-state index is 13.9. The number of fused-ring (bicyclic) bond motifs is 1. The van der Waals surface area contributed by atoms with Crippen LogP contribution in [0, 0.1) is 12.7 Å². The summed E-state index contributed by atoms with van der Waals surface area (Å²) in [5, 5.41) is 20.7. The van der Waals surface area contributed by atoms with Crippen molar-refractivity contribution in [3.63, 3.8) is 0 Å². The van der Waals surface area contributed by atoms with Crippen molar-refractivity contribution in [3.8, 4) is 11.4 Å². The number of carboxylic acids is 1. The van der Waals surface area contributed by atoms with Crippen LogP contribution in [-0.2, 0) is 9.53 Å². The predicted molar refractivity (Wildman–Crippen MR) is 113 cm³/mol. The molecule has 6 heteroatoms. The summed E-state index contributed by atoms with van der Waals surface area (Å²) in [5.74, 6) is -0.938. The van der Waals surface area contributed by atoms with Crippen LogP contribution in [0.4, 0.5) is 4.39 Å². The van der Waals surface area contributed by atoms with Gasteiger partial charge in [-0.3, -0.25) is 0 Å². The van der Waals surface area contributed by atoms with E-state index in [1.54, 1.807) is 25.1 Å². The number of methoxy groups -OCH3 is 1. The monoisotopic (exact) mass is 411 g/mol. The van der Waals surface area contributed by atoms with Gasteiger partial charge >= 0.3 is 5.97 Å². The Morgan fingerprint density at radius 1 is 1.23 bits per heavy atom. The zero-order valence-electron chi connectivity index (χ0n) is 17.6. The average molecular weight is 411 g/mol. The zero-order valence-corrected chi connectivity index (χ0v) is 17.6. The fourth-order valence-electron chi connectivity index (χ4n) is 4.74. The number of benzene rings is 2. The Morgan fingerprint density at radius 3 is 2.50 bits per heavy atom. The van der Waals surface area contributed by atoms with E-state index in [0.717, 1.165) is 27.8 Å². The van der Waals surface area contributed by atoms with E-state index in [-0.39, 0.29) is 23.4 Å². The number of halogens is 1. The Balaban J connectivity index is 1.97. The van der Waals surface area contributed by atoms with E-state index >= 15 is 0 Å². The van der Waals surface area contributed by atoms with Gasteiger partial charge in [0.05, 0.1) is 5.52 Å². The Kier molecular flexibility index (Phi) is 4.85. The SMILES string of the molecule is COC1(C(=O)O)CC(c2c(C(C)C)n(-c3ccc(F)c(C)c3)c3ccc(O)cc23)C1. The topological polar surface area (TPSA) is 71.7 Å². The highest BCUT2D eigenvalue weighted by Gasteiger charge is 2.52. The molecule has 4 rings (SSSR count). The molecule has 2 N–H and O–H groups in total. The summed E-state index contributed by atoms with van der Waals surface area (Å²) >= 11 is 0. The summed E-state index contributed by atoms with van der Waals surface area (Å²) in [6.45, 7) is 5.91. The third kappa shape index (κ3) is 2.98. The lowest BCUT2D eigenvalue weighted by molar-refractivity contribution is -0.175. The molecule has 1 aliphatic carbocycles. The molecule has 1 fully saturated rings. The van der Waals surface area contributed by atoms with E-state index in [0.29, 0.717) is 18.4 Å². The molecular formula is C24H26FNO4. The molecule has 1 aliphatic rings. The number of rotatable bonds is 5. The molecule has 0 amide bonds. The number of aliphatic carboxylic acids is 1. The number of hydrogen-bond donors (Lipinski definition) is 2. The smallest absolute Gasteiger partial charge is 0.335 e. The second-order valence-corrected chi connectivity index (χ2v) is 8.53. The fourth-order valence-corrected chi connectivity index (χ4v) is 4.74. The van der Waals surface area contributed by atoms with Gasteiger partial charge < -0.3 is 19.5 Å². The van der Waals surface area contributed by atoms with Gasteiger partial charge in [-0.25, -0.2) is 9.18 Å². The van der Waals surface area contributed by atoms with Crippen molar-refractivity contribution in [2.75, 3.05) is 7.11 Å². The molecule has 5 nitrogen and oxygen atoms in total. The number of aromatic nitrogens is 1. The second kappa shape index (κ2) is 7.13. The quantitative estimate of drug-likeness (QED) is 0.601. The number of aromatic hydroxyl groups is 1. The second-order valence-electron chi connectivity index (χ2n) is 8.53. The minimum absolute atomic E-state index is 0.00875. The van der Waals surface area contributed by atoms with Crippen LogP contribution in [0.5, 0.6) is 5.75 Å². The lowest BCUT2D eigenvalue weighted by Crippen LogP contribution is -2.51. The summed E-state index contributed by atoms with van der Waals surface area (Å²) in [5.41, 5.74) is 3.21. The van der Waals surface area contributed by atoms with Gasteiger partial charge in [0.15, 0.2) is 5.60 Å². The molecule has 0 radical (unpaired) electrons. The summed E-state index contributed by atoms with van der Waals surface area (Å²) < 4.78 is 21.4. The lowest BCUT2D eigenvalue weighted by atomic mass is 9.66. The summed E-state index contributed by atoms with van der Waals surface area (Å²) in [4.78, 5) is 11.7. The van der Waals surface area contributed by atoms with Crippen LogP contribution in [0.2, 0.25) is 0 Å². The van der Waals surface area contributed by atoms with Crippen molar-refractivity contribution in [3.05, 3.63) is 59.0 Å². The number of phenolic OH excluding ortho intramolecular Hbond substituents is 1. The Labute approximate surface area is 174 Å².